The van der Waals surface area contributed by atoms with E-state index in [0.29, 0.717) is 25.4 Å². The van der Waals surface area contributed by atoms with Crippen LogP contribution in [0.2, 0.25) is 0 Å². The smallest absolute Gasteiger partial charge is 0.238 e. The summed E-state index contributed by atoms with van der Waals surface area (Å²) in [6, 6.07) is 7.78. The Bertz CT molecular complexity index is 656. The van der Waals surface area contributed by atoms with Crippen LogP contribution in [0.3, 0.4) is 0 Å². The van der Waals surface area contributed by atoms with Crippen LogP contribution in [-0.4, -0.2) is 41.8 Å². The van der Waals surface area contributed by atoms with Crippen LogP contribution in [-0.2, 0) is 14.4 Å². The SMILES string of the molecule is C[C@@H]1CCCCN1CC(=O)Nc1ccc(C2CCC(=O)NC2=O)cc1. The predicted octanol–water partition coefficient (Wildman–Crippen LogP) is 2.02. The maximum atomic E-state index is 12.2. The van der Waals surface area contributed by atoms with Gasteiger partial charge in [0.05, 0.1) is 12.5 Å². The fraction of sp³-hybridized carbons (Fsp3) is 0.526. The Morgan fingerprint density at radius 1 is 1.20 bits per heavy atom. The van der Waals surface area contributed by atoms with Gasteiger partial charge in [-0.3, -0.25) is 24.6 Å². The molecule has 0 radical (unpaired) electrons. The van der Waals surface area contributed by atoms with Gasteiger partial charge in [-0.25, -0.2) is 0 Å². The minimum absolute atomic E-state index is 0.0116. The molecule has 1 unspecified atom stereocenters. The Labute approximate surface area is 148 Å². The van der Waals surface area contributed by atoms with Gasteiger partial charge in [0.2, 0.25) is 17.7 Å². The van der Waals surface area contributed by atoms with Crippen LogP contribution in [0, 0.1) is 0 Å². The van der Waals surface area contributed by atoms with Gasteiger partial charge in [0.25, 0.3) is 0 Å². The number of nitrogens with zero attached hydrogens (tertiary/aromatic N) is 1. The normalized spacial score (nSPS) is 24.7. The first-order chi connectivity index (χ1) is 12.0. The molecule has 3 amide bonds. The molecule has 6 heteroatoms. The van der Waals surface area contributed by atoms with Crippen molar-refractivity contribution in [1.29, 1.82) is 0 Å². The second-order valence-corrected chi connectivity index (χ2v) is 6.99. The maximum absolute atomic E-state index is 12.2. The second-order valence-electron chi connectivity index (χ2n) is 6.99. The molecule has 2 saturated heterocycles. The highest BCUT2D eigenvalue weighted by Gasteiger charge is 2.27. The molecule has 2 atom stereocenters. The van der Waals surface area contributed by atoms with E-state index in [4.69, 9.17) is 0 Å². The number of rotatable bonds is 4. The summed E-state index contributed by atoms with van der Waals surface area (Å²) < 4.78 is 0. The highest BCUT2D eigenvalue weighted by atomic mass is 16.2. The molecule has 0 aromatic heterocycles. The Balaban J connectivity index is 1.56. The van der Waals surface area contributed by atoms with Gasteiger partial charge in [-0.1, -0.05) is 18.6 Å². The minimum atomic E-state index is -0.295. The van der Waals surface area contributed by atoms with Crippen molar-refractivity contribution in [2.45, 2.75) is 51.0 Å². The number of anilines is 1. The van der Waals surface area contributed by atoms with Crippen molar-refractivity contribution in [3.05, 3.63) is 29.8 Å². The van der Waals surface area contributed by atoms with Crippen LogP contribution in [0.4, 0.5) is 5.69 Å². The van der Waals surface area contributed by atoms with Gasteiger partial charge in [-0.15, -0.1) is 0 Å². The average Bonchev–Trinajstić information content (AvgIpc) is 2.58. The predicted molar refractivity (Wildman–Crippen MR) is 95.1 cm³/mol. The minimum Gasteiger partial charge on any atom is -0.325 e. The van der Waals surface area contributed by atoms with E-state index in [1.54, 1.807) is 0 Å². The summed E-state index contributed by atoms with van der Waals surface area (Å²) in [5.41, 5.74) is 1.60. The number of carbonyl (C=O) groups is 3. The molecule has 3 rings (SSSR count). The molecule has 2 fully saturated rings. The highest BCUT2D eigenvalue weighted by Crippen LogP contribution is 2.26. The van der Waals surface area contributed by atoms with E-state index in [0.717, 1.165) is 30.6 Å². The van der Waals surface area contributed by atoms with Crippen molar-refractivity contribution in [2.75, 3.05) is 18.4 Å². The largest absolute Gasteiger partial charge is 0.325 e. The zero-order chi connectivity index (χ0) is 17.8. The van der Waals surface area contributed by atoms with Crippen molar-refractivity contribution in [1.82, 2.24) is 10.2 Å². The van der Waals surface area contributed by atoms with Crippen molar-refractivity contribution in [3.63, 3.8) is 0 Å². The lowest BCUT2D eigenvalue weighted by molar-refractivity contribution is -0.134. The van der Waals surface area contributed by atoms with Crippen molar-refractivity contribution in [2.24, 2.45) is 0 Å². The van der Waals surface area contributed by atoms with Crippen LogP contribution in [0.5, 0.6) is 0 Å². The van der Waals surface area contributed by atoms with E-state index < -0.39 is 0 Å². The molecule has 1 aromatic rings. The third-order valence-electron chi connectivity index (χ3n) is 5.12. The molecule has 134 valence electrons. The standard InChI is InChI=1S/C19H25N3O3/c1-13-4-2-3-11-22(13)12-18(24)20-15-7-5-14(6-8-15)16-9-10-17(23)21-19(16)25/h5-8,13,16H,2-4,9-12H2,1H3,(H,20,24)(H,21,23,25)/t13-,16?/m1/s1. The Kier molecular flexibility index (Phi) is 5.48. The number of piperidine rings is 2. The zero-order valence-corrected chi connectivity index (χ0v) is 14.6. The molecule has 0 bridgehead atoms. The molecule has 2 N–H and O–H groups in total. The average molecular weight is 343 g/mol. The Morgan fingerprint density at radius 2 is 1.96 bits per heavy atom. The van der Waals surface area contributed by atoms with Crippen LogP contribution in [0.25, 0.3) is 0 Å². The number of carbonyl (C=O) groups excluding carboxylic acids is 3. The maximum Gasteiger partial charge on any atom is 0.238 e. The third-order valence-corrected chi connectivity index (χ3v) is 5.12. The monoisotopic (exact) mass is 343 g/mol. The lowest BCUT2D eigenvalue weighted by Crippen LogP contribution is -2.42. The van der Waals surface area contributed by atoms with Gasteiger partial charge in [0, 0.05) is 18.2 Å². The van der Waals surface area contributed by atoms with Crippen molar-refractivity contribution < 1.29 is 14.4 Å². The Hall–Kier alpha value is -2.21. The van der Waals surface area contributed by atoms with E-state index in [-0.39, 0.29) is 23.6 Å². The zero-order valence-electron chi connectivity index (χ0n) is 14.6. The van der Waals surface area contributed by atoms with Crippen molar-refractivity contribution >= 4 is 23.4 Å². The summed E-state index contributed by atoms with van der Waals surface area (Å²) in [7, 11) is 0. The summed E-state index contributed by atoms with van der Waals surface area (Å²) in [4.78, 5) is 37.6. The molecule has 25 heavy (non-hydrogen) atoms. The van der Waals surface area contributed by atoms with Gasteiger partial charge < -0.3 is 5.32 Å². The highest BCUT2D eigenvalue weighted by molar-refractivity contribution is 6.01. The molecule has 6 nitrogen and oxygen atoms in total. The lowest BCUT2D eigenvalue weighted by Gasteiger charge is -2.32. The topological polar surface area (TPSA) is 78.5 Å². The fourth-order valence-corrected chi connectivity index (χ4v) is 3.59. The number of hydrogen-bond acceptors (Lipinski definition) is 4. The summed E-state index contributed by atoms with van der Waals surface area (Å²) in [5.74, 6) is -0.761. The van der Waals surface area contributed by atoms with Gasteiger partial charge in [0.15, 0.2) is 0 Å². The quantitative estimate of drug-likeness (QED) is 0.820. The summed E-state index contributed by atoms with van der Waals surface area (Å²) in [5, 5.41) is 5.29. The first kappa shape index (κ1) is 17.6. The molecule has 2 heterocycles. The number of amides is 3. The number of nitrogens with one attached hydrogen (secondary N) is 2. The number of imide groups is 1. The van der Waals surface area contributed by atoms with Gasteiger partial charge in [-0.05, 0) is 50.4 Å². The van der Waals surface area contributed by atoms with Crippen LogP contribution < -0.4 is 10.6 Å². The number of likely N-dealkylation sites (tertiary alicyclic amines) is 1. The second kappa shape index (κ2) is 7.78. The molecule has 1 aromatic carbocycles. The van der Waals surface area contributed by atoms with Gasteiger partial charge in [-0.2, -0.15) is 0 Å². The summed E-state index contributed by atoms with van der Waals surface area (Å²) in [6.45, 7) is 3.56. The van der Waals surface area contributed by atoms with Crippen LogP contribution in [0.1, 0.15) is 50.5 Å². The molecule has 0 saturated carbocycles. The van der Waals surface area contributed by atoms with Crippen molar-refractivity contribution in [3.8, 4) is 0 Å². The summed E-state index contributed by atoms with van der Waals surface area (Å²) in [6.07, 6.45) is 4.43. The van der Waals surface area contributed by atoms with E-state index >= 15 is 0 Å². The van der Waals surface area contributed by atoms with Crippen LogP contribution in [0.15, 0.2) is 24.3 Å². The molecule has 0 aliphatic carbocycles. The Morgan fingerprint density at radius 3 is 2.64 bits per heavy atom. The molecular weight excluding hydrogens is 318 g/mol. The van der Waals surface area contributed by atoms with Gasteiger partial charge >= 0.3 is 0 Å². The van der Waals surface area contributed by atoms with E-state index in [1.165, 1.54) is 6.42 Å². The molecule has 2 aliphatic rings. The third kappa shape index (κ3) is 4.45. The van der Waals surface area contributed by atoms with E-state index in [1.807, 2.05) is 24.3 Å². The summed E-state index contributed by atoms with van der Waals surface area (Å²) >= 11 is 0. The van der Waals surface area contributed by atoms with Crippen LogP contribution >= 0.6 is 0 Å². The number of benzene rings is 1. The first-order valence-electron chi connectivity index (χ1n) is 9.00. The van der Waals surface area contributed by atoms with E-state index in [9.17, 15) is 14.4 Å². The molecule has 0 spiro atoms. The molecule has 2 aliphatic heterocycles. The molecular formula is C19H25N3O3. The number of hydrogen-bond donors (Lipinski definition) is 2. The fourth-order valence-electron chi connectivity index (χ4n) is 3.59. The first-order valence-corrected chi connectivity index (χ1v) is 9.00. The van der Waals surface area contributed by atoms with E-state index in [2.05, 4.69) is 22.5 Å². The van der Waals surface area contributed by atoms with Gasteiger partial charge in [0.1, 0.15) is 0 Å². The lowest BCUT2D eigenvalue weighted by atomic mass is 9.90.